The molecule has 0 radical (unpaired) electrons. The molecular weight excluding hydrogens is 511 g/mol. The minimum absolute atomic E-state index is 0.323. The molecule has 3 aliphatic rings. The van der Waals surface area contributed by atoms with Crippen LogP contribution in [0.3, 0.4) is 0 Å². The van der Waals surface area contributed by atoms with Gasteiger partial charge in [0.2, 0.25) is 5.95 Å². The van der Waals surface area contributed by atoms with E-state index in [-0.39, 0.29) is 0 Å². The molecule has 6 rings (SSSR count). The average Bonchev–Trinajstić information content (AvgIpc) is 2.84. The molecule has 4 heterocycles. The number of rotatable bonds is 4. The average molecular weight is 539 g/mol. The Labute approximate surface area is 225 Å². The van der Waals surface area contributed by atoms with Crippen molar-refractivity contribution in [3.63, 3.8) is 0 Å². The number of amides is 2. The maximum Gasteiger partial charge on any atom is 0.329 e. The number of carbonyl (C=O) groups excluding carboxylic acids is 1. The third-order valence-corrected chi connectivity index (χ3v) is 8.04. The summed E-state index contributed by atoms with van der Waals surface area (Å²) < 4.78 is 0. The number of likely N-dealkylation sites (tertiary alicyclic amines) is 1. The molecule has 2 fully saturated rings. The van der Waals surface area contributed by atoms with Crippen LogP contribution in [-0.4, -0.2) is 54.1 Å². The van der Waals surface area contributed by atoms with E-state index >= 15 is 0 Å². The molecule has 3 aromatic rings. The van der Waals surface area contributed by atoms with E-state index in [9.17, 15) is 4.79 Å². The number of benzene rings is 2. The van der Waals surface area contributed by atoms with Gasteiger partial charge in [0, 0.05) is 42.6 Å². The van der Waals surface area contributed by atoms with Crippen LogP contribution in [0.1, 0.15) is 24.6 Å². The summed E-state index contributed by atoms with van der Waals surface area (Å²) >= 11 is 12.6. The van der Waals surface area contributed by atoms with E-state index < -0.39 is 12.2 Å². The lowest BCUT2D eigenvalue weighted by Crippen LogP contribution is -2.62. The van der Waals surface area contributed by atoms with Gasteiger partial charge < -0.3 is 20.9 Å². The molecule has 1 unspecified atom stereocenters. The molecule has 11 heteroatoms. The van der Waals surface area contributed by atoms with Gasteiger partial charge in [-0.15, -0.1) is 0 Å². The third kappa shape index (κ3) is 4.46. The third-order valence-electron chi connectivity index (χ3n) is 7.43. The van der Waals surface area contributed by atoms with Crippen LogP contribution < -0.4 is 26.2 Å². The van der Waals surface area contributed by atoms with Crippen LogP contribution in [0.5, 0.6) is 0 Å². The molecule has 9 nitrogen and oxygen atoms in total. The highest BCUT2D eigenvalue weighted by Crippen LogP contribution is 2.42. The number of para-hydroxylation sites is 1. The molecule has 2 amide bonds. The first-order chi connectivity index (χ1) is 17.8. The fraction of sp³-hybridized carbons (Fsp3) is 0.346. The van der Waals surface area contributed by atoms with Gasteiger partial charge in [-0.1, -0.05) is 29.3 Å². The van der Waals surface area contributed by atoms with E-state index in [4.69, 9.17) is 28.9 Å². The van der Waals surface area contributed by atoms with Crippen LogP contribution in [0.2, 0.25) is 10.0 Å². The normalized spacial score (nSPS) is 20.9. The van der Waals surface area contributed by atoms with Crippen LogP contribution in [-0.2, 0) is 0 Å². The summed E-state index contributed by atoms with van der Waals surface area (Å²) in [5.74, 6) is 0.700. The molecule has 1 spiro atoms. The van der Waals surface area contributed by atoms with Gasteiger partial charge in [0.1, 0.15) is 12.0 Å². The number of anilines is 5. The lowest BCUT2D eigenvalue weighted by Gasteiger charge is -2.55. The highest BCUT2D eigenvalue weighted by molar-refractivity contribution is 6.40. The van der Waals surface area contributed by atoms with Crippen molar-refractivity contribution >= 4 is 58.1 Å². The Bertz CT molecular complexity index is 1320. The van der Waals surface area contributed by atoms with Gasteiger partial charge in [0.25, 0.3) is 0 Å². The number of fused-ring (bicyclic) bond motifs is 1. The first kappa shape index (κ1) is 24.2. The van der Waals surface area contributed by atoms with Crippen molar-refractivity contribution < 1.29 is 4.79 Å². The first-order valence-electron chi connectivity index (χ1n) is 12.3. The zero-order valence-corrected chi connectivity index (χ0v) is 21.9. The number of piperidine rings is 1. The molecule has 0 aliphatic carbocycles. The molecule has 2 saturated heterocycles. The minimum Gasteiger partial charge on any atom is -0.370 e. The number of aromatic nitrogens is 2. The van der Waals surface area contributed by atoms with Crippen molar-refractivity contribution in [2.45, 2.75) is 19.0 Å². The molecule has 37 heavy (non-hydrogen) atoms. The Kier molecular flexibility index (Phi) is 6.11. The molecule has 192 valence electrons. The van der Waals surface area contributed by atoms with E-state index in [1.165, 1.54) is 36.5 Å². The zero-order valence-electron chi connectivity index (χ0n) is 20.4. The fourth-order valence-electron chi connectivity index (χ4n) is 5.70. The van der Waals surface area contributed by atoms with Gasteiger partial charge in [-0.25, -0.2) is 9.78 Å². The van der Waals surface area contributed by atoms with Gasteiger partial charge in [-0.05, 0) is 62.8 Å². The van der Waals surface area contributed by atoms with Crippen molar-refractivity contribution in [1.82, 2.24) is 14.9 Å². The second-order valence-electron chi connectivity index (χ2n) is 10.2. The number of hydrogen-bond acceptors (Lipinski definition) is 7. The van der Waals surface area contributed by atoms with Gasteiger partial charge in [0.15, 0.2) is 0 Å². The minimum atomic E-state index is -0.849. The smallest absolute Gasteiger partial charge is 0.329 e. The first-order valence-corrected chi connectivity index (χ1v) is 13.0. The van der Waals surface area contributed by atoms with Crippen LogP contribution in [0.15, 0.2) is 48.7 Å². The topological polar surface area (TPSA) is 103 Å². The lowest BCUT2D eigenvalue weighted by molar-refractivity contribution is 0.0784. The van der Waals surface area contributed by atoms with E-state index in [0.29, 0.717) is 38.5 Å². The molecule has 0 bridgehead atoms. The molecule has 3 aliphatic heterocycles. The van der Waals surface area contributed by atoms with Crippen molar-refractivity contribution in [3.8, 4) is 0 Å². The van der Waals surface area contributed by atoms with Gasteiger partial charge in [0.05, 0.1) is 21.3 Å². The van der Waals surface area contributed by atoms with Crippen molar-refractivity contribution in [2.75, 3.05) is 53.7 Å². The number of carbonyl (C=O) groups is 1. The number of hydrogen-bond donors (Lipinski definition) is 3. The predicted octanol–water partition coefficient (Wildman–Crippen LogP) is 5.07. The summed E-state index contributed by atoms with van der Waals surface area (Å²) in [6, 6.07) is 12.8. The van der Waals surface area contributed by atoms with Gasteiger partial charge >= 0.3 is 6.03 Å². The number of urea groups is 1. The summed E-state index contributed by atoms with van der Waals surface area (Å²) in [5.41, 5.74) is 9.82. The standard InChI is InChI=1S/C26H28Cl2N8O/c1-34-11-3-10-26(13-34)14-35(15-26)17-8-6-16(7-9-17)31-24-30-12-18-22(29)36(25(37)33-23(18)32-24)21-19(27)4-2-5-20(21)28/h2,4-9,12,22H,3,10-11,13-15,29H2,1H3,(H2,30,31,32,33,37). The summed E-state index contributed by atoms with van der Waals surface area (Å²) in [7, 11) is 2.22. The highest BCUT2D eigenvalue weighted by atomic mass is 35.5. The highest BCUT2D eigenvalue weighted by Gasteiger charge is 2.45. The van der Waals surface area contributed by atoms with Crippen LogP contribution in [0, 0.1) is 5.41 Å². The summed E-state index contributed by atoms with van der Waals surface area (Å²) in [4.78, 5) is 28.0. The zero-order chi connectivity index (χ0) is 25.7. The molecule has 1 atom stereocenters. The second-order valence-corrected chi connectivity index (χ2v) is 11.0. The van der Waals surface area contributed by atoms with E-state index in [1.54, 1.807) is 24.4 Å². The summed E-state index contributed by atoms with van der Waals surface area (Å²) in [6.07, 6.45) is 3.34. The van der Waals surface area contributed by atoms with E-state index in [2.05, 4.69) is 49.6 Å². The molecule has 0 saturated carbocycles. The number of nitrogens with one attached hydrogen (secondary N) is 2. The largest absolute Gasteiger partial charge is 0.370 e. The molecule has 2 aromatic carbocycles. The summed E-state index contributed by atoms with van der Waals surface area (Å²) in [6.45, 7) is 4.60. The maximum absolute atomic E-state index is 12.9. The molecular formula is C26H28Cl2N8O. The summed E-state index contributed by atoms with van der Waals surface area (Å²) in [5, 5.41) is 6.64. The fourth-order valence-corrected chi connectivity index (χ4v) is 6.28. The van der Waals surface area contributed by atoms with E-state index in [1.807, 2.05) is 12.1 Å². The van der Waals surface area contributed by atoms with E-state index in [0.717, 1.165) is 18.8 Å². The Morgan fingerprint density at radius 2 is 1.84 bits per heavy atom. The van der Waals surface area contributed by atoms with Crippen LogP contribution in [0.25, 0.3) is 0 Å². The molecule has 1 aromatic heterocycles. The number of nitrogens with two attached hydrogens (primary N) is 1. The van der Waals surface area contributed by atoms with Gasteiger partial charge in [-0.3, -0.25) is 10.2 Å². The quantitative estimate of drug-likeness (QED) is 0.426. The Hall–Kier alpha value is -3.11. The maximum atomic E-state index is 12.9. The van der Waals surface area contributed by atoms with Crippen LogP contribution in [0.4, 0.5) is 33.6 Å². The number of halogens is 2. The lowest BCUT2D eigenvalue weighted by atomic mass is 9.73. The monoisotopic (exact) mass is 538 g/mol. The SMILES string of the molecule is CN1CCCC2(C1)CN(c1ccc(Nc3ncc4c(n3)NC(=O)N(c3c(Cl)cccc3Cl)C4N)cc1)C2. The van der Waals surface area contributed by atoms with Crippen molar-refractivity contribution in [1.29, 1.82) is 0 Å². The predicted molar refractivity (Wildman–Crippen MR) is 148 cm³/mol. The van der Waals surface area contributed by atoms with Crippen LogP contribution >= 0.6 is 23.2 Å². The Morgan fingerprint density at radius 3 is 2.54 bits per heavy atom. The van der Waals surface area contributed by atoms with Gasteiger partial charge in [-0.2, -0.15) is 4.98 Å². The number of nitrogens with zero attached hydrogens (tertiary/aromatic N) is 5. The van der Waals surface area contributed by atoms with Crippen molar-refractivity contribution in [3.05, 3.63) is 64.3 Å². The van der Waals surface area contributed by atoms with Crippen molar-refractivity contribution in [2.24, 2.45) is 11.1 Å². The Morgan fingerprint density at radius 1 is 1.11 bits per heavy atom. The Balaban J connectivity index is 1.15. The second kappa shape index (κ2) is 9.33. The molecule has 4 N–H and O–H groups in total.